The number of hydrogen-bond donors (Lipinski definition) is 1. The van der Waals surface area contributed by atoms with E-state index >= 15 is 0 Å². The van der Waals surface area contributed by atoms with Gasteiger partial charge in [-0.1, -0.05) is 29.8 Å². The fourth-order valence-electron chi connectivity index (χ4n) is 2.60. The monoisotopic (exact) mass is 428 g/mol. The van der Waals surface area contributed by atoms with Gasteiger partial charge in [-0.05, 0) is 53.4 Å². The SMILES string of the molecule is CN(CCOc1ccc(Cl)cc1)C(=O)c1ccc(CNC(=O)c2cccs2)cc1. The third kappa shape index (κ3) is 6.07. The van der Waals surface area contributed by atoms with Crippen LogP contribution in [0.2, 0.25) is 5.02 Å². The third-order valence-corrected chi connectivity index (χ3v) is 5.38. The lowest BCUT2D eigenvalue weighted by atomic mass is 10.1. The van der Waals surface area contributed by atoms with Gasteiger partial charge in [-0.2, -0.15) is 0 Å². The van der Waals surface area contributed by atoms with E-state index in [1.54, 1.807) is 54.4 Å². The van der Waals surface area contributed by atoms with Crippen LogP contribution >= 0.6 is 22.9 Å². The number of benzene rings is 2. The summed E-state index contributed by atoms with van der Waals surface area (Å²) >= 11 is 7.25. The number of nitrogens with one attached hydrogen (secondary N) is 1. The van der Waals surface area contributed by atoms with E-state index in [0.29, 0.717) is 40.9 Å². The van der Waals surface area contributed by atoms with E-state index in [2.05, 4.69) is 5.32 Å². The molecule has 1 N–H and O–H groups in total. The van der Waals surface area contributed by atoms with Crippen LogP contribution in [0.1, 0.15) is 25.6 Å². The van der Waals surface area contributed by atoms with E-state index in [1.807, 2.05) is 23.6 Å². The number of halogens is 1. The molecule has 0 saturated carbocycles. The van der Waals surface area contributed by atoms with Crippen molar-refractivity contribution in [3.63, 3.8) is 0 Å². The molecule has 0 unspecified atom stereocenters. The Hall–Kier alpha value is -2.83. The van der Waals surface area contributed by atoms with Crippen LogP contribution < -0.4 is 10.1 Å². The molecule has 0 spiro atoms. The number of likely N-dealkylation sites (N-methyl/N-ethyl adjacent to an activating group) is 1. The maximum absolute atomic E-state index is 12.5. The molecule has 0 fully saturated rings. The molecule has 3 rings (SSSR count). The van der Waals surface area contributed by atoms with Crippen molar-refractivity contribution in [2.45, 2.75) is 6.54 Å². The summed E-state index contributed by atoms with van der Waals surface area (Å²) in [4.78, 5) is 26.8. The lowest BCUT2D eigenvalue weighted by Gasteiger charge is -2.18. The molecule has 0 bridgehead atoms. The minimum atomic E-state index is -0.0967. The minimum Gasteiger partial charge on any atom is -0.492 e. The first kappa shape index (κ1) is 20.9. The summed E-state index contributed by atoms with van der Waals surface area (Å²) < 4.78 is 5.63. The minimum absolute atomic E-state index is 0.0844. The number of carbonyl (C=O) groups excluding carboxylic acids is 2. The van der Waals surface area contributed by atoms with Crippen LogP contribution in [-0.4, -0.2) is 36.9 Å². The molecule has 0 aliphatic heterocycles. The average molecular weight is 429 g/mol. The van der Waals surface area contributed by atoms with Crippen molar-refractivity contribution >= 4 is 34.8 Å². The zero-order valence-electron chi connectivity index (χ0n) is 15.9. The number of rotatable bonds is 8. The maximum Gasteiger partial charge on any atom is 0.261 e. The van der Waals surface area contributed by atoms with Crippen molar-refractivity contribution in [3.05, 3.63) is 87.1 Å². The molecule has 1 aromatic heterocycles. The second kappa shape index (κ2) is 10.1. The van der Waals surface area contributed by atoms with Gasteiger partial charge in [0.1, 0.15) is 12.4 Å². The van der Waals surface area contributed by atoms with Crippen molar-refractivity contribution in [3.8, 4) is 5.75 Å². The van der Waals surface area contributed by atoms with Crippen molar-refractivity contribution in [2.24, 2.45) is 0 Å². The lowest BCUT2D eigenvalue weighted by molar-refractivity contribution is 0.0773. The Bertz CT molecular complexity index is 941. The number of carbonyl (C=O) groups is 2. The molecule has 0 saturated heterocycles. The predicted molar refractivity (Wildman–Crippen MR) is 116 cm³/mol. The van der Waals surface area contributed by atoms with Gasteiger partial charge in [-0.25, -0.2) is 0 Å². The van der Waals surface area contributed by atoms with E-state index in [-0.39, 0.29) is 11.8 Å². The molecule has 0 radical (unpaired) electrons. The molecule has 3 aromatic rings. The fraction of sp³-hybridized carbons (Fsp3) is 0.182. The van der Waals surface area contributed by atoms with Crippen LogP contribution in [0.4, 0.5) is 0 Å². The molecule has 0 aliphatic rings. The number of amides is 2. The summed E-state index contributed by atoms with van der Waals surface area (Å²) in [5, 5.41) is 5.39. The molecule has 0 aliphatic carbocycles. The summed E-state index contributed by atoms with van der Waals surface area (Å²) in [6.07, 6.45) is 0. The second-order valence-corrected chi connectivity index (χ2v) is 7.77. The van der Waals surface area contributed by atoms with Crippen LogP contribution in [0.3, 0.4) is 0 Å². The van der Waals surface area contributed by atoms with Crippen LogP contribution in [-0.2, 0) is 6.54 Å². The van der Waals surface area contributed by atoms with E-state index in [9.17, 15) is 9.59 Å². The molecule has 29 heavy (non-hydrogen) atoms. The van der Waals surface area contributed by atoms with Crippen LogP contribution in [0.25, 0.3) is 0 Å². The molecular weight excluding hydrogens is 408 g/mol. The Kier molecular flexibility index (Phi) is 7.27. The molecule has 150 valence electrons. The van der Waals surface area contributed by atoms with Gasteiger partial charge in [0.2, 0.25) is 0 Å². The summed E-state index contributed by atoms with van der Waals surface area (Å²) in [6.45, 7) is 1.26. The second-order valence-electron chi connectivity index (χ2n) is 6.39. The molecule has 1 heterocycles. The van der Waals surface area contributed by atoms with Gasteiger partial charge in [0.15, 0.2) is 0 Å². The van der Waals surface area contributed by atoms with E-state index in [4.69, 9.17) is 16.3 Å². The Morgan fingerprint density at radius 1 is 1.07 bits per heavy atom. The highest BCUT2D eigenvalue weighted by Crippen LogP contribution is 2.15. The highest BCUT2D eigenvalue weighted by Gasteiger charge is 2.12. The van der Waals surface area contributed by atoms with Crippen LogP contribution in [0.15, 0.2) is 66.0 Å². The molecular formula is C22H21ClN2O3S. The first-order chi connectivity index (χ1) is 14.0. The fourth-order valence-corrected chi connectivity index (χ4v) is 3.36. The quantitative estimate of drug-likeness (QED) is 0.575. The smallest absolute Gasteiger partial charge is 0.261 e. The zero-order chi connectivity index (χ0) is 20.6. The van der Waals surface area contributed by atoms with Gasteiger partial charge in [0, 0.05) is 24.2 Å². The Morgan fingerprint density at radius 3 is 2.45 bits per heavy atom. The molecule has 2 amide bonds. The Balaban J connectivity index is 1.46. The van der Waals surface area contributed by atoms with Crippen molar-refractivity contribution < 1.29 is 14.3 Å². The lowest BCUT2D eigenvalue weighted by Crippen LogP contribution is -2.30. The molecule has 5 nitrogen and oxygen atoms in total. The molecule has 2 aromatic carbocycles. The standard InChI is InChI=1S/C22H21ClN2O3S/c1-25(12-13-28-19-10-8-18(23)9-11-19)22(27)17-6-4-16(5-7-17)15-24-21(26)20-3-2-14-29-20/h2-11,14H,12-13,15H2,1H3,(H,24,26). The maximum atomic E-state index is 12.5. The number of thiophene rings is 1. The Labute approximate surface area is 178 Å². The zero-order valence-corrected chi connectivity index (χ0v) is 17.5. The first-order valence-electron chi connectivity index (χ1n) is 9.07. The topological polar surface area (TPSA) is 58.6 Å². The van der Waals surface area contributed by atoms with Gasteiger partial charge in [0.25, 0.3) is 11.8 Å². The van der Waals surface area contributed by atoms with Gasteiger partial charge < -0.3 is 15.0 Å². The van der Waals surface area contributed by atoms with Gasteiger partial charge in [-0.3, -0.25) is 9.59 Å². The van der Waals surface area contributed by atoms with E-state index in [0.717, 1.165) is 5.56 Å². The summed E-state index contributed by atoms with van der Waals surface area (Å²) in [7, 11) is 1.74. The van der Waals surface area contributed by atoms with Crippen molar-refractivity contribution in [1.29, 1.82) is 0 Å². The average Bonchev–Trinajstić information content (AvgIpc) is 3.28. The van der Waals surface area contributed by atoms with Gasteiger partial charge >= 0.3 is 0 Å². The summed E-state index contributed by atoms with van der Waals surface area (Å²) in [5.41, 5.74) is 1.52. The first-order valence-corrected chi connectivity index (χ1v) is 10.3. The van der Waals surface area contributed by atoms with E-state index in [1.165, 1.54) is 11.3 Å². The Morgan fingerprint density at radius 2 is 1.79 bits per heavy atom. The number of hydrogen-bond acceptors (Lipinski definition) is 4. The third-order valence-electron chi connectivity index (χ3n) is 4.25. The van der Waals surface area contributed by atoms with Crippen molar-refractivity contribution in [2.75, 3.05) is 20.2 Å². The predicted octanol–water partition coefficient (Wildman–Crippen LogP) is 4.48. The van der Waals surface area contributed by atoms with Crippen LogP contribution in [0.5, 0.6) is 5.75 Å². The number of ether oxygens (including phenoxy) is 1. The highest BCUT2D eigenvalue weighted by molar-refractivity contribution is 7.12. The normalized spacial score (nSPS) is 10.4. The number of nitrogens with zero attached hydrogens (tertiary/aromatic N) is 1. The largest absolute Gasteiger partial charge is 0.492 e. The summed E-state index contributed by atoms with van der Waals surface area (Å²) in [6, 6.07) is 18.0. The summed E-state index contributed by atoms with van der Waals surface area (Å²) in [5.74, 6) is 0.531. The van der Waals surface area contributed by atoms with E-state index < -0.39 is 0 Å². The van der Waals surface area contributed by atoms with Crippen molar-refractivity contribution in [1.82, 2.24) is 10.2 Å². The van der Waals surface area contributed by atoms with Gasteiger partial charge in [-0.15, -0.1) is 11.3 Å². The molecule has 0 atom stereocenters. The van der Waals surface area contributed by atoms with Crippen LogP contribution in [0, 0.1) is 0 Å². The van der Waals surface area contributed by atoms with Gasteiger partial charge in [0.05, 0.1) is 11.4 Å². The highest BCUT2D eigenvalue weighted by atomic mass is 35.5. The molecule has 7 heteroatoms.